The van der Waals surface area contributed by atoms with Crippen LogP contribution in [0.2, 0.25) is 0 Å². The van der Waals surface area contributed by atoms with Crippen molar-refractivity contribution in [2.75, 3.05) is 38.0 Å². The third kappa shape index (κ3) is 3.54. The Balaban J connectivity index is 1.92. The van der Waals surface area contributed by atoms with Gasteiger partial charge in [-0.3, -0.25) is 9.69 Å². The Hall–Kier alpha value is -0.910. The Kier molecular flexibility index (Phi) is 4.74. The average molecular weight is 312 g/mol. The lowest BCUT2D eigenvalue weighted by Gasteiger charge is -2.26. The molecule has 1 fully saturated rings. The van der Waals surface area contributed by atoms with Crippen molar-refractivity contribution in [2.45, 2.75) is 6.92 Å². The molecule has 0 aromatic heterocycles. The quantitative estimate of drug-likeness (QED) is 0.891. The van der Waals surface area contributed by atoms with Crippen molar-refractivity contribution in [1.29, 1.82) is 0 Å². The molecule has 1 heterocycles. The monoisotopic (exact) mass is 311 g/mol. The Morgan fingerprint density at radius 3 is 2.89 bits per heavy atom. The summed E-state index contributed by atoms with van der Waals surface area (Å²) in [4.78, 5) is 14.1. The van der Waals surface area contributed by atoms with Gasteiger partial charge < -0.3 is 10.6 Å². The smallest absolute Gasteiger partial charge is 0.238 e. The van der Waals surface area contributed by atoms with Crippen LogP contribution in [0.15, 0.2) is 22.7 Å². The molecule has 1 saturated heterocycles. The molecule has 2 N–H and O–H groups in total. The molecule has 1 aliphatic heterocycles. The van der Waals surface area contributed by atoms with Crippen LogP contribution in [0, 0.1) is 6.92 Å². The molecule has 1 amide bonds. The Bertz CT molecular complexity index is 430. The van der Waals surface area contributed by atoms with Crippen LogP contribution in [0.3, 0.4) is 0 Å². The molecule has 0 aliphatic carbocycles. The molecular weight excluding hydrogens is 294 g/mol. The second-order valence-corrected chi connectivity index (χ2v) is 5.34. The van der Waals surface area contributed by atoms with Gasteiger partial charge in [-0.1, -0.05) is 22.0 Å². The number of nitrogens with zero attached hydrogens (tertiary/aromatic N) is 1. The summed E-state index contributed by atoms with van der Waals surface area (Å²) in [6.07, 6.45) is 0. The van der Waals surface area contributed by atoms with Gasteiger partial charge in [-0.2, -0.15) is 0 Å². The van der Waals surface area contributed by atoms with Gasteiger partial charge >= 0.3 is 0 Å². The van der Waals surface area contributed by atoms with Gasteiger partial charge in [-0.05, 0) is 24.6 Å². The molecule has 5 heteroatoms. The van der Waals surface area contributed by atoms with E-state index in [1.807, 2.05) is 25.1 Å². The van der Waals surface area contributed by atoms with Crippen LogP contribution in [0.1, 0.15) is 5.56 Å². The molecule has 2 rings (SSSR count). The minimum atomic E-state index is 0.0538. The largest absolute Gasteiger partial charge is 0.325 e. The van der Waals surface area contributed by atoms with Crippen molar-refractivity contribution in [3.8, 4) is 0 Å². The fraction of sp³-hybridized carbons (Fsp3) is 0.462. The number of halogens is 1. The lowest BCUT2D eigenvalue weighted by Crippen LogP contribution is -2.46. The highest BCUT2D eigenvalue weighted by Crippen LogP contribution is 2.23. The van der Waals surface area contributed by atoms with Crippen molar-refractivity contribution in [1.82, 2.24) is 10.2 Å². The Labute approximate surface area is 116 Å². The van der Waals surface area contributed by atoms with E-state index < -0.39 is 0 Å². The van der Waals surface area contributed by atoms with Crippen molar-refractivity contribution in [3.05, 3.63) is 28.2 Å². The summed E-state index contributed by atoms with van der Waals surface area (Å²) in [5.41, 5.74) is 1.94. The van der Waals surface area contributed by atoms with Crippen LogP contribution in [0.5, 0.6) is 0 Å². The van der Waals surface area contributed by atoms with Crippen LogP contribution in [-0.2, 0) is 4.79 Å². The van der Waals surface area contributed by atoms with E-state index in [-0.39, 0.29) is 5.91 Å². The predicted molar refractivity (Wildman–Crippen MR) is 76.8 cm³/mol. The first-order valence-corrected chi connectivity index (χ1v) is 6.94. The number of rotatable bonds is 3. The number of anilines is 1. The lowest BCUT2D eigenvalue weighted by atomic mass is 10.2. The van der Waals surface area contributed by atoms with E-state index in [4.69, 9.17) is 0 Å². The fourth-order valence-corrected chi connectivity index (χ4v) is 2.37. The first-order chi connectivity index (χ1) is 8.66. The molecular formula is C13H18BrN3O. The van der Waals surface area contributed by atoms with Gasteiger partial charge in [0.15, 0.2) is 0 Å². The van der Waals surface area contributed by atoms with Gasteiger partial charge in [0.1, 0.15) is 0 Å². The average Bonchev–Trinajstić information content (AvgIpc) is 2.36. The zero-order chi connectivity index (χ0) is 13.0. The molecule has 0 atom stereocenters. The number of hydrogen-bond donors (Lipinski definition) is 2. The maximum absolute atomic E-state index is 12.0. The highest BCUT2D eigenvalue weighted by Gasteiger charge is 2.14. The van der Waals surface area contributed by atoms with Crippen molar-refractivity contribution < 1.29 is 4.79 Å². The number of benzene rings is 1. The van der Waals surface area contributed by atoms with Crippen LogP contribution < -0.4 is 10.6 Å². The summed E-state index contributed by atoms with van der Waals surface area (Å²) >= 11 is 3.46. The number of carbonyl (C=O) groups is 1. The molecule has 1 aromatic rings. The van der Waals surface area contributed by atoms with E-state index in [9.17, 15) is 4.79 Å². The molecule has 98 valence electrons. The second-order valence-electron chi connectivity index (χ2n) is 4.49. The number of hydrogen-bond acceptors (Lipinski definition) is 3. The third-order valence-electron chi connectivity index (χ3n) is 3.12. The summed E-state index contributed by atoms with van der Waals surface area (Å²) in [6.45, 7) is 6.25. The van der Waals surface area contributed by atoms with E-state index >= 15 is 0 Å². The van der Waals surface area contributed by atoms with E-state index in [1.54, 1.807) is 0 Å². The van der Waals surface area contributed by atoms with Gasteiger partial charge in [0, 0.05) is 36.3 Å². The predicted octanol–water partition coefficient (Wildman–Crippen LogP) is 1.60. The minimum Gasteiger partial charge on any atom is -0.325 e. The molecule has 0 radical (unpaired) electrons. The summed E-state index contributed by atoms with van der Waals surface area (Å²) in [6, 6.07) is 5.83. The molecule has 1 aliphatic rings. The third-order valence-corrected chi connectivity index (χ3v) is 3.98. The van der Waals surface area contributed by atoms with Crippen molar-refractivity contribution in [2.24, 2.45) is 0 Å². The summed E-state index contributed by atoms with van der Waals surface area (Å²) in [5.74, 6) is 0.0538. The lowest BCUT2D eigenvalue weighted by molar-refractivity contribution is -0.117. The van der Waals surface area contributed by atoms with E-state index in [2.05, 4.69) is 31.5 Å². The van der Waals surface area contributed by atoms with E-state index in [0.29, 0.717) is 6.54 Å². The molecule has 0 bridgehead atoms. The number of piperazine rings is 1. The van der Waals surface area contributed by atoms with Crippen molar-refractivity contribution in [3.63, 3.8) is 0 Å². The molecule has 4 nitrogen and oxygen atoms in total. The maximum atomic E-state index is 12.0. The van der Waals surface area contributed by atoms with Crippen LogP contribution in [0.25, 0.3) is 0 Å². The number of amides is 1. The molecule has 1 aromatic carbocycles. The first kappa shape index (κ1) is 13.5. The fourth-order valence-electron chi connectivity index (χ4n) is 2.00. The SMILES string of the molecule is Cc1c(Br)cccc1NC(=O)CN1CCNCC1. The Morgan fingerprint density at radius 1 is 1.44 bits per heavy atom. The summed E-state index contributed by atoms with van der Waals surface area (Å²) in [7, 11) is 0. The van der Waals surface area contributed by atoms with E-state index in [1.165, 1.54) is 0 Å². The standard InChI is InChI=1S/C13H18BrN3O/c1-10-11(14)3-2-4-12(10)16-13(18)9-17-7-5-15-6-8-17/h2-4,15H,5-9H2,1H3,(H,16,18). The summed E-state index contributed by atoms with van der Waals surface area (Å²) < 4.78 is 1.02. The topological polar surface area (TPSA) is 44.4 Å². The van der Waals surface area contributed by atoms with Crippen LogP contribution in [0.4, 0.5) is 5.69 Å². The zero-order valence-corrected chi connectivity index (χ0v) is 12.1. The maximum Gasteiger partial charge on any atom is 0.238 e. The van der Waals surface area contributed by atoms with Gasteiger partial charge in [0.05, 0.1) is 6.54 Å². The normalized spacial score (nSPS) is 16.6. The first-order valence-electron chi connectivity index (χ1n) is 6.15. The molecule has 18 heavy (non-hydrogen) atoms. The minimum absolute atomic E-state index is 0.0538. The van der Waals surface area contributed by atoms with E-state index in [0.717, 1.165) is 41.9 Å². The van der Waals surface area contributed by atoms with Crippen molar-refractivity contribution >= 4 is 27.5 Å². The zero-order valence-electron chi connectivity index (χ0n) is 10.5. The molecule has 0 unspecified atom stereocenters. The molecule has 0 saturated carbocycles. The molecule has 0 spiro atoms. The van der Waals surface area contributed by atoms with Gasteiger partial charge in [0.2, 0.25) is 5.91 Å². The number of nitrogens with one attached hydrogen (secondary N) is 2. The summed E-state index contributed by atoms with van der Waals surface area (Å²) in [5, 5.41) is 6.24. The Morgan fingerprint density at radius 2 is 2.17 bits per heavy atom. The van der Waals surface area contributed by atoms with Gasteiger partial charge in [-0.15, -0.1) is 0 Å². The highest BCUT2D eigenvalue weighted by molar-refractivity contribution is 9.10. The highest BCUT2D eigenvalue weighted by atomic mass is 79.9. The van der Waals surface area contributed by atoms with Gasteiger partial charge in [-0.25, -0.2) is 0 Å². The van der Waals surface area contributed by atoms with Crippen LogP contribution >= 0.6 is 15.9 Å². The number of carbonyl (C=O) groups excluding carboxylic acids is 1. The second kappa shape index (κ2) is 6.31. The van der Waals surface area contributed by atoms with Crippen LogP contribution in [-0.4, -0.2) is 43.5 Å². The van der Waals surface area contributed by atoms with Gasteiger partial charge in [0.25, 0.3) is 0 Å².